The van der Waals surface area contributed by atoms with Crippen LogP contribution < -0.4 is 5.73 Å². The fourth-order valence-electron chi connectivity index (χ4n) is 1.83. The zero-order chi connectivity index (χ0) is 10.3. The Morgan fingerprint density at radius 3 is 2.64 bits per heavy atom. The van der Waals surface area contributed by atoms with Crippen molar-refractivity contribution < 1.29 is 0 Å². The predicted molar refractivity (Wildman–Crippen MR) is 58.1 cm³/mol. The average molecular weight is 193 g/mol. The number of aromatic nitrogens is 2. The molecule has 1 saturated carbocycles. The summed E-state index contributed by atoms with van der Waals surface area (Å²) in [7, 11) is 2.03. The van der Waals surface area contributed by atoms with Gasteiger partial charge in [-0.1, -0.05) is 13.8 Å². The SMILES string of the molecule is CC(C)Cc1nc(C2CC2)n(C)c1N. The fraction of sp³-hybridized carbons (Fsp3) is 0.727. The van der Waals surface area contributed by atoms with Crippen molar-refractivity contribution in [2.45, 2.75) is 39.0 Å². The van der Waals surface area contributed by atoms with Gasteiger partial charge in [0, 0.05) is 13.0 Å². The van der Waals surface area contributed by atoms with Crippen LogP contribution in [0.5, 0.6) is 0 Å². The van der Waals surface area contributed by atoms with Crippen LogP contribution in [-0.4, -0.2) is 9.55 Å². The molecular formula is C11H19N3. The molecule has 1 heterocycles. The molecule has 2 N–H and O–H groups in total. The van der Waals surface area contributed by atoms with Gasteiger partial charge in [0.05, 0.1) is 5.69 Å². The number of rotatable bonds is 3. The summed E-state index contributed by atoms with van der Waals surface area (Å²) < 4.78 is 2.06. The van der Waals surface area contributed by atoms with Gasteiger partial charge in [0.25, 0.3) is 0 Å². The van der Waals surface area contributed by atoms with Crippen molar-refractivity contribution >= 4 is 5.82 Å². The van der Waals surface area contributed by atoms with E-state index < -0.39 is 0 Å². The van der Waals surface area contributed by atoms with E-state index in [-0.39, 0.29) is 0 Å². The predicted octanol–water partition coefficient (Wildman–Crippen LogP) is 2.08. The molecule has 0 saturated heterocycles. The molecular weight excluding hydrogens is 174 g/mol. The van der Waals surface area contributed by atoms with Crippen molar-refractivity contribution in [2.24, 2.45) is 13.0 Å². The minimum Gasteiger partial charge on any atom is -0.384 e. The Morgan fingerprint density at radius 1 is 1.50 bits per heavy atom. The van der Waals surface area contributed by atoms with Gasteiger partial charge in [-0.3, -0.25) is 0 Å². The number of anilines is 1. The number of nitrogens with zero attached hydrogens (tertiary/aromatic N) is 2. The third kappa shape index (κ3) is 1.63. The second-order valence-corrected chi connectivity index (χ2v) is 4.73. The van der Waals surface area contributed by atoms with E-state index in [0.29, 0.717) is 11.8 Å². The zero-order valence-corrected chi connectivity index (χ0v) is 9.25. The summed E-state index contributed by atoms with van der Waals surface area (Å²) in [5.41, 5.74) is 7.11. The van der Waals surface area contributed by atoms with Gasteiger partial charge in [0.1, 0.15) is 11.6 Å². The molecule has 78 valence electrons. The summed E-state index contributed by atoms with van der Waals surface area (Å²) in [6, 6.07) is 0. The summed E-state index contributed by atoms with van der Waals surface area (Å²) in [6.45, 7) is 4.40. The van der Waals surface area contributed by atoms with Crippen molar-refractivity contribution in [3.05, 3.63) is 11.5 Å². The molecule has 0 spiro atoms. The first-order valence-electron chi connectivity index (χ1n) is 5.40. The smallest absolute Gasteiger partial charge is 0.126 e. The Morgan fingerprint density at radius 2 is 2.14 bits per heavy atom. The summed E-state index contributed by atoms with van der Waals surface area (Å²) in [5.74, 6) is 3.36. The standard InChI is InChI=1S/C11H19N3/c1-7(2)6-9-10(12)14(3)11(13-9)8-4-5-8/h7-8H,4-6,12H2,1-3H3. The van der Waals surface area contributed by atoms with E-state index in [1.54, 1.807) is 0 Å². The third-order valence-electron chi connectivity index (χ3n) is 2.79. The lowest BCUT2D eigenvalue weighted by atomic mass is 10.1. The van der Waals surface area contributed by atoms with Gasteiger partial charge >= 0.3 is 0 Å². The second kappa shape index (κ2) is 3.30. The van der Waals surface area contributed by atoms with Crippen LogP contribution in [0.1, 0.15) is 44.1 Å². The molecule has 2 rings (SSSR count). The van der Waals surface area contributed by atoms with Crippen molar-refractivity contribution in [3.63, 3.8) is 0 Å². The number of nitrogens with two attached hydrogens (primary N) is 1. The van der Waals surface area contributed by atoms with E-state index in [2.05, 4.69) is 23.4 Å². The zero-order valence-electron chi connectivity index (χ0n) is 9.25. The highest BCUT2D eigenvalue weighted by Gasteiger charge is 2.29. The lowest BCUT2D eigenvalue weighted by Crippen LogP contribution is -2.02. The second-order valence-electron chi connectivity index (χ2n) is 4.73. The van der Waals surface area contributed by atoms with Crippen molar-refractivity contribution in [3.8, 4) is 0 Å². The van der Waals surface area contributed by atoms with Gasteiger partial charge in [-0.25, -0.2) is 4.98 Å². The van der Waals surface area contributed by atoms with E-state index in [1.165, 1.54) is 18.7 Å². The van der Waals surface area contributed by atoms with Crippen LogP contribution in [0.4, 0.5) is 5.82 Å². The quantitative estimate of drug-likeness (QED) is 0.798. The Kier molecular flexibility index (Phi) is 2.25. The van der Waals surface area contributed by atoms with E-state index in [0.717, 1.165) is 17.9 Å². The monoisotopic (exact) mass is 193 g/mol. The Hall–Kier alpha value is -0.990. The molecule has 0 bridgehead atoms. The average Bonchev–Trinajstić information content (AvgIpc) is 2.88. The molecule has 3 nitrogen and oxygen atoms in total. The summed E-state index contributed by atoms with van der Waals surface area (Å²) in [5, 5.41) is 0. The maximum absolute atomic E-state index is 6.02. The molecule has 0 unspecified atom stereocenters. The number of hydrogen-bond acceptors (Lipinski definition) is 2. The molecule has 0 aromatic carbocycles. The molecule has 1 aliphatic carbocycles. The van der Waals surface area contributed by atoms with Gasteiger partial charge in [-0.05, 0) is 25.2 Å². The number of hydrogen-bond donors (Lipinski definition) is 1. The topological polar surface area (TPSA) is 43.8 Å². The third-order valence-corrected chi connectivity index (χ3v) is 2.79. The molecule has 1 aliphatic rings. The van der Waals surface area contributed by atoms with Gasteiger partial charge in [-0.15, -0.1) is 0 Å². The molecule has 3 heteroatoms. The maximum atomic E-state index is 6.02. The largest absolute Gasteiger partial charge is 0.384 e. The van der Waals surface area contributed by atoms with Gasteiger partial charge < -0.3 is 10.3 Å². The van der Waals surface area contributed by atoms with Crippen molar-refractivity contribution in [1.29, 1.82) is 0 Å². The highest BCUT2D eigenvalue weighted by molar-refractivity contribution is 5.39. The van der Waals surface area contributed by atoms with Crippen LogP contribution in [0.15, 0.2) is 0 Å². The molecule has 0 radical (unpaired) electrons. The van der Waals surface area contributed by atoms with Crippen LogP contribution in [0.2, 0.25) is 0 Å². The molecule has 1 aromatic heterocycles. The maximum Gasteiger partial charge on any atom is 0.126 e. The van der Waals surface area contributed by atoms with Crippen LogP contribution in [0.3, 0.4) is 0 Å². The summed E-state index contributed by atoms with van der Waals surface area (Å²) >= 11 is 0. The van der Waals surface area contributed by atoms with E-state index in [1.807, 2.05) is 7.05 Å². The first-order valence-corrected chi connectivity index (χ1v) is 5.40. The Balaban J connectivity index is 2.27. The first-order chi connectivity index (χ1) is 6.59. The fourth-order valence-corrected chi connectivity index (χ4v) is 1.83. The Bertz CT molecular complexity index is 335. The molecule has 0 aliphatic heterocycles. The van der Waals surface area contributed by atoms with Crippen molar-refractivity contribution in [2.75, 3.05) is 5.73 Å². The minimum atomic E-state index is 0.624. The van der Waals surface area contributed by atoms with E-state index in [4.69, 9.17) is 5.73 Å². The van der Waals surface area contributed by atoms with Crippen LogP contribution >= 0.6 is 0 Å². The molecule has 1 fully saturated rings. The lowest BCUT2D eigenvalue weighted by Gasteiger charge is -2.02. The van der Waals surface area contributed by atoms with Gasteiger partial charge in [0.15, 0.2) is 0 Å². The molecule has 1 aromatic rings. The van der Waals surface area contributed by atoms with Gasteiger partial charge in [0.2, 0.25) is 0 Å². The van der Waals surface area contributed by atoms with Crippen LogP contribution in [0, 0.1) is 5.92 Å². The molecule has 0 atom stereocenters. The van der Waals surface area contributed by atoms with Crippen LogP contribution in [-0.2, 0) is 13.5 Å². The number of nitrogen functional groups attached to an aromatic ring is 1. The summed E-state index contributed by atoms with van der Waals surface area (Å²) in [6.07, 6.45) is 3.56. The number of imidazole rings is 1. The van der Waals surface area contributed by atoms with Crippen LogP contribution in [0.25, 0.3) is 0 Å². The minimum absolute atomic E-state index is 0.624. The lowest BCUT2D eigenvalue weighted by molar-refractivity contribution is 0.637. The van der Waals surface area contributed by atoms with Crippen molar-refractivity contribution in [1.82, 2.24) is 9.55 Å². The van der Waals surface area contributed by atoms with E-state index in [9.17, 15) is 0 Å². The summed E-state index contributed by atoms with van der Waals surface area (Å²) in [4.78, 5) is 4.65. The normalized spacial score (nSPS) is 16.6. The molecule has 0 amide bonds. The molecule has 14 heavy (non-hydrogen) atoms. The first kappa shape index (κ1) is 9.56. The van der Waals surface area contributed by atoms with Gasteiger partial charge in [-0.2, -0.15) is 0 Å². The highest BCUT2D eigenvalue weighted by atomic mass is 15.1. The van der Waals surface area contributed by atoms with E-state index >= 15 is 0 Å². The Labute approximate surface area is 85.3 Å². The highest BCUT2D eigenvalue weighted by Crippen LogP contribution is 2.40.